The maximum Gasteiger partial charge on any atom is 0.225 e. The van der Waals surface area contributed by atoms with Crippen LogP contribution in [0.1, 0.15) is 12.5 Å². The zero-order valence-electron chi connectivity index (χ0n) is 14.7. The first-order valence-electron chi connectivity index (χ1n) is 9.20. The quantitative estimate of drug-likeness (QED) is 0.937. The summed E-state index contributed by atoms with van der Waals surface area (Å²) < 4.78 is 0. The highest BCUT2D eigenvalue weighted by Crippen LogP contribution is 2.36. The number of para-hydroxylation sites is 2. The summed E-state index contributed by atoms with van der Waals surface area (Å²) in [5.41, 5.74) is 3.85. The van der Waals surface area contributed by atoms with Crippen LogP contribution in [-0.2, 0) is 11.2 Å². The van der Waals surface area contributed by atoms with Crippen molar-refractivity contribution in [3.8, 4) is 0 Å². The molecule has 4 nitrogen and oxygen atoms in total. The Morgan fingerprint density at radius 1 is 1.08 bits per heavy atom. The van der Waals surface area contributed by atoms with Gasteiger partial charge in [0.2, 0.25) is 5.91 Å². The van der Waals surface area contributed by atoms with Crippen LogP contribution >= 0.6 is 0 Å². The van der Waals surface area contributed by atoms with E-state index in [0.717, 1.165) is 26.1 Å². The van der Waals surface area contributed by atoms with E-state index in [-0.39, 0.29) is 17.9 Å². The molecule has 0 aliphatic carbocycles. The number of amides is 1. The van der Waals surface area contributed by atoms with Crippen molar-refractivity contribution in [2.45, 2.75) is 19.4 Å². The number of benzene rings is 2. The van der Waals surface area contributed by atoms with Gasteiger partial charge in [-0.3, -0.25) is 4.79 Å². The van der Waals surface area contributed by atoms with Gasteiger partial charge in [-0.1, -0.05) is 36.4 Å². The number of hydrogen-bond acceptors (Lipinski definition) is 3. The smallest absolute Gasteiger partial charge is 0.225 e. The lowest BCUT2D eigenvalue weighted by molar-refractivity contribution is -0.125. The lowest BCUT2D eigenvalue weighted by Crippen LogP contribution is -2.61. The first-order valence-corrected chi connectivity index (χ1v) is 9.20. The number of nitrogens with zero attached hydrogens (tertiary/aromatic N) is 2. The van der Waals surface area contributed by atoms with Crippen LogP contribution in [0.25, 0.3) is 0 Å². The molecule has 2 unspecified atom stereocenters. The van der Waals surface area contributed by atoms with E-state index in [0.29, 0.717) is 6.54 Å². The highest BCUT2D eigenvalue weighted by molar-refractivity contribution is 5.82. The molecule has 1 fully saturated rings. The summed E-state index contributed by atoms with van der Waals surface area (Å²) in [5.74, 6) is 0.184. The van der Waals surface area contributed by atoms with Crippen LogP contribution in [0.3, 0.4) is 0 Å². The third-order valence-corrected chi connectivity index (χ3v) is 5.43. The van der Waals surface area contributed by atoms with E-state index in [4.69, 9.17) is 0 Å². The topological polar surface area (TPSA) is 35.6 Å². The van der Waals surface area contributed by atoms with Crippen molar-refractivity contribution in [1.29, 1.82) is 0 Å². The van der Waals surface area contributed by atoms with E-state index < -0.39 is 0 Å². The number of hydrogen-bond donors (Lipinski definition) is 1. The van der Waals surface area contributed by atoms with Crippen molar-refractivity contribution in [1.82, 2.24) is 5.32 Å². The van der Waals surface area contributed by atoms with Gasteiger partial charge >= 0.3 is 0 Å². The summed E-state index contributed by atoms with van der Waals surface area (Å²) in [7, 11) is 0. The third-order valence-electron chi connectivity index (χ3n) is 5.43. The molecule has 4 heteroatoms. The summed E-state index contributed by atoms with van der Waals surface area (Å²) in [4.78, 5) is 17.6. The minimum atomic E-state index is 0.00126. The van der Waals surface area contributed by atoms with Gasteiger partial charge in [0.05, 0.1) is 12.0 Å². The fourth-order valence-corrected chi connectivity index (χ4v) is 4.24. The summed E-state index contributed by atoms with van der Waals surface area (Å²) in [6, 6.07) is 19.3. The Balaban J connectivity index is 1.66. The molecule has 2 aromatic carbocycles. The van der Waals surface area contributed by atoms with Crippen molar-refractivity contribution in [2.75, 3.05) is 36.0 Å². The molecular weight excluding hydrogens is 310 g/mol. The summed E-state index contributed by atoms with van der Waals surface area (Å²) in [6.45, 7) is 5.50. The molecule has 2 aliphatic heterocycles. The van der Waals surface area contributed by atoms with Gasteiger partial charge < -0.3 is 15.1 Å². The number of carbonyl (C=O) groups excluding carboxylic acids is 1. The standard InChI is InChI=1S/C21H25N3O/c1-2-22-21(25)18-14-16-8-6-7-11-19(16)24-13-12-23(15-20(18)24)17-9-4-3-5-10-17/h3-11,18,20H,2,12-15H2,1H3,(H,22,25). The molecule has 0 aromatic heterocycles. The van der Waals surface area contributed by atoms with Gasteiger partial charge in [-0.05, 0) is 37.1 Å². The van der Waals surface area contributed by atoms with Crippen molar-refractivity contribution >= 4 is 17.3 Å². The van der Waals surface area contributed by atoms with Gasteiger partial charge in [-0.2, -0.15) is 0 Å². The first-order chi connectivity index (χ1) is 12.3. The fraction of sp³-hybridized carbons (Fsp3) is 0.381. The Hall–Kier alpha value is -2.49. The van der Waals surface area contributed by atoms with Crippen molar-refractivity contribution in [3.05, 3.63) is 60.2 Å². The Kier molecular flexibility index (Phi) is 4.35. The van der Waals surface area contributed by atoms with E-state index in [1.165, 1.54) is 16.9 Å². The Morgan fingerprint density at radius 3 is 2.64 bits per heavy atom. The predicted molar refractivity (Wildman–Crippen MR) is 102 cm³/mol. The zero-order chi connectivity index (χ0) is 17.2. The number of carbonyl (C=O) groups is 1. The molecule has 4 rings (SSSR count). The molecule has 2 aliphatic rings. The summed E-state index contributed by atoms with van der Waals surface area (Å²) in [6.07, 6.45) is 0.825. The number of rotatable bonds is 3. The minimum absolute atomic E-state index is 0.00126. The maximum atomic E-state index is 12.7. The van der Waals surface area contributed by atoms with Gasteiger partial charge in [-0.25, -0.2) is 0 Å². The maximum absolute atomic E-state index is 12.7. The van der Waals surface area contributed by atoms with Crippen LogP contribution in [0.5, 0.6) is 0 Å². The molecule has 2 atom stereocenters. The highest BCUT2D eigenvalue weighted by Gasteiger charge is 2.41. The second-order valence-electron chi connectivity index (χ2n) is 6.88. The summed E-state index contributed by atoms with van der Waals surface area (Å²) >= 11 is 0. The second-order valence-corrected chi connectivity index (χ2v) is 6.88. The minimum Gasteiger partial charge on any atom is -0.368 e. The molecule has 2 aromatic rings. The van der Waals surface area contributed by atoms with E-state index >= 15 is 0 Å². The lowest BCUT2D eigenvalue weighted by Gasteiger charge is -2.49. The number of nitrogens with one attached hydrogen (secondary N) is 1. The molecule has 25 heavy (non-hydrogen) atoms. The lowest BCUT2D eigenvalue weighted by atomic mass is 9.83. The van der Waals surface area contributed by atoms with Crippen LogP contribution in [0.15, 0.2) is 54.6 Å². The highest BCUT2D eigenvalue weighted by atomic mass is 16.1. The molecule has 2 heterocycles. The molecular formula is C21H25N3O. The second kappa shape index (κ2) is 6.79. The molecule has 130 valence electrons. The van der Waals surface area contributed by atoms with Crippen LogP contribution in [-0.4, -0.2) is 38.1 Å². The Labute approximate surface area is 149 Å². The van der Waals surface area contributed by atoms with Gasteiger partial charge in [0.25, 0.3) is 0 Å². The van der Waals surface area contributed by atoms with Gasteiger partial charge in [0, 0.05) is 37.6 Å². The van der Waals surface area contributed by atoms with E-state index in [9.17, 15) is 4.79 Å². The monoisotopic (exact) mass is 335 g/mol. The van der Waals surface area contributed by atoms with Crippen LogP contribution in [0.2, 0.25) is 0 Å². The van der Waals surface area contributed by atoms with Crippen LogP contribution in [0.4, 0.5) is 11.4 Å². The molecule has 0 saturated carbocycles. The Bertz CT molecular complexity index is 746. The first kappa shape index (κ1) is 16.0. The van der Waals surface area contributed by atoms with Gasteiger partial charge in [0.1, 0.15) is 0 Å². The molecule has 0 radical (unpaired) electrons. The third kappa shape index (κ3) is 2.97. The zero-order valence-corrected chi connectivity index (χ0v) is 14.7. The SMILES string of the molecule is CCNC(=O)C1Cc2ccccc2N2CCN(c3ccccc3)CC12. The van der Waals surface area contributed by atoms with E-state index in [1.807, 2.05) is 13.0 Å². The fourth-order valence-electron chi connectivity index (χ4n) is 4.24. The molecule has 0 bridgehead atoms. The van der Waals surface area contributed by atoms with Gasteiger partial charge in [0.15, 0.2) is 0 Å². The van der Waals surface area contributed by atoms with Crippen LogP contribution < -0.4 is 15.1 Å². The largest absolute Gasteiger partial charge is 0.368 e. The number of fused-ring (bicyclic) bond motifs is 3. The summed E-state index contributed by atoms with van der Waals surface area (Å²) in [5, 5.41) is 3.05. The normalized spacial score (nSPS) is 22.1. The van der Waals surface area contributed by atoms with Crippen molar-refractivity contribution in [2.24, 2.45) is 5.92 Å². The van der Waals surface area contributed by atoms with Gasteiger partial charge in [-0.15, -0.1) is 0 Å². The average molecular weight is 335 g/mol. The molecule has 0 spiro atoms. The van der Waals surface area contributed by atoms with E-state index in [1.54, 1.807) is 0 Å². The van der Waals surface area contributed by atoms with E-state index in [2.05, 4.69) is 63.6 Å². The molecule has 1 saturated heterocycles. The Morgan fingerprint density at radius 2 is 1.84 bits per heavy atom. The predicted octanol–water partition coefficient (Wildman–Crippen LogP) is 2.69. The molecule has 1 N–H and O–H groups in total. The number of piperazine rings is 1. The molecule has 1 amide bonds. The van der Waals surface area contributed by atoms with Crippen molar-refractivity contribution < 1.29 is 4.79 Å². The van der Waals surface area contributed by atoms with Crippen molar-refractivity contribution in [3.63, 3.8) is 0 Å². The average Bonchev–Trinajstić information content (AvgIpc) is 2.67. The van der Waals surface area contributed by atoms with Crippen LogP contribution in [0, 0.1) is 5.92 Å². The number of anilines is 2.